The van der Waals surface area contributed by atoms with Crippen LogP contribution in [0.1, 0.15) is 18.5 Å². The van der Waals surface area contributed by atoms with Crippen LogP contribution in [0.25, 0.3) is 0 Å². The van der Waals surface area contributed by atoms with Gasteiger partial charge in [0.25, 0.3) is 0 Å². The molecule has 5 nitrogen and oxygen atoms in total. The fraction of sp³-hybridized carbons (Fsp3) is 0.176. The van der Waals surface area contributed by atoms with E-state index in [1.807, 2.05) is 0 Å². The van der Waals surface area contributed by atoms with Crippen molar-refractivity contribution in [2.45, 2.75) is 17.9 Å². The van der Waals surface area contributed by atoms with Gasteiger partial charge in [-0.2, -0.15) is 0 Å². The van der Waals surface area contributed by atoms with Crippen molar-refractivity contribution in [2.75, 3.05) is 11.1 Å². The predicted molar refractivity (Wildman–Crippen MR) is 93.3 cm³/mol. The van der Waals surface area contributed by atoms with Crippen molar-refractivity contribution in [2.24, 2.45) is 5.73 Å². The zero-order valence-electron chi connectivity index (χ0n) is 13.4. The van der Waals surface area contributed by atoms with Crippen molar-refractivity contribution in [1.82, 2.24) is 5.32 Å². The Morgan fingerprint density at radius 2 is 1.92 bits per heavy atom. The number of anilines is 1. The number of halogens is 2. The summed E-state index contributed by atoms with van der Waals surface area (Å²) in [6.45, 7) is 1.59. The summed E-state index contributed by atoms with van der Waals surface area (Å²) in [5.41, 5.74) is 5.80. The third-order valence-electron chi connectivity index (χ3n) is 3.28. The standard InChI is InChI=1S/C17H17F2N3O2S/c1-10(12-7-6-11(18)8-13(12)19)21-17(24)22-14-4-2-3-5-15(14)25-9-16(20)23/h2-8,10H,9H2,1H3,(H2,20,23)(H2,21,22,24). The first-order valence-corrected chi connectivity index (χ1v) is 8.38. The Bertz CT molecular complexity index is 786. The summed E-state index contributed by atoms with van der Waals surface area (Å²) < 4.78 is 26.7. The van der Waals surface area contributed by atoms with E-state index in [0.29, 0.717) is 10.6 Å². The number of hydrogen-bond donors (Lipinski definition) is 3. The first-order valence-electron chi connectivity index (χ1n) is 7.39. The summed E-state index contributed by atoms with van der Waals surface area (Å²) >= 11 is 1.20. The van der Waals surface area contributed by atoms with Gasteiger partial charge in [-0.1, -0.05) is 18.2 Å². The van der Waals surface area contributed by atoms with Crippen molar-refractivity contribution in [3.05, 3.63) is 59.7 Å². The maximum Gasteiger partial charge on any atom is 0.319 e. The molecule has 2 aromatic carbocycles. The number of benzene rings is 2. The number of nitrogens with two attached hydrogens (primary N) is 1. The SMILES string of the molecule is CC(NC(=O)Nc1ccccc1SCC(N)=O)c1ccc(F)cc1F. The van der Waals surface area contributed by atoms with Gasteiger partial charge < -0.3 is 16.4 Å². The summed E-state index contributed by atoms with van der Waals surface area (Å²) in [4.78, 5) is 23.7. The Labute approximate surface area is 148 Å². The van der Waals surface area contributed by atoms with Crippen LogP contribution < -0.4 is 16.4 Å². The van der Waals surface area contributed by atoms with E-state index in [1.54, 1.807) is 31.2 Å². The molecule has 0 aliphatic rings. The number of nitrogens with one attached hydrogen (secondary N) is 2. The van der Waals surface area contributed by atoms with Gasteiger partial charge in [0.15, 0.2) is 0 Å². The molecule has 3 amide bonds. The number of carbonyl (C=O) groups is 2. The van der Waals surface area contributed by atoms with Gasteiger partial charge in [0.1, 0.15) is 11.6 Å². The Morgan fingerprint density at radius 1 is 1.20 bits per heavy atom. The largest absolute Gasteiger partial charge is 0.369 e. The van der Waals surface area contributed by atoms with Gasteiger partial charge >= 0.3 is 6.03 Å². The van der Waals surface area contributed by atoms with Gasteiger partial charge in [-0.05, 0) is 25.1 Å². The second-order valence-electron chi connectivity index (χ2n) is 5.24. The highest BCUT2D eigenvalue weighted by atomic mass is 32.2. The smallest absolute Gasteiger partial charge is 0.319 e. The molecule has 132 valence electrons. The Balaban J connectivity index is 2.03. The summed E-state index contributed by atoms with van der Waals surface area (Å²) in [6, 6.07) is 8.88. The first kappa shape index (κ1) is 18.7. The van der Waals surface area contributed by atoms with Crippen LogP contribution >= 0.6 is 11.8 Å². The average molecular weight is 365 g/mol. The van der Waals surface area contributed by atoms with Crippen molar-refractivity contribution < 1.29 is 18.4 Å². The molecule has 1 atom stereocenters. The van der Waals surface area contributed by atoms with Crippen molar-refractivity contribution in [1.29, 1.82) is 0 Å². The minimum absolute atomic E-state index is 0.0809. The van der Waals surface area contributed by atoms with Crippen molar-refractivity contribution in [3.8, 4) is 0 Å². The van der Waals surface area contributed by atoms with E-state index >= 15 is 0 Å². The van der Waals surface area contributed by atoms with Crippen LogP contribution in [0.5, 0.6) is 0 Å². The lowest BCUT2D eigenvalue weighted by atomic mass is 10.1. The molecule has 0 bridgehead atoms. The van der Waals surface area contributed by atoms with E-state index in [2.05, 4.69) is 10.6 Å². The van der Waals surface area contributed by atoms with Crippen LogP contribution in [-0.4, -0.2) is 17.7 Å². The molecule has 0 fully saturated rings. The highest BCUT2D eigenvalue weighted by Crippen LogP contribution is 2.27. The Hall–Kier alpha value is -2.61. The second kappa shape index (κ2) is 8.48. The highest BCUT2D eigenvalue weighted by molar-refractivity contribution is 8.00. The zero-order valence-corrected chi connectivity index (χ0v) is 14.2. The Morgan fingerprint density at radius 3 is 2.60 bits per heavy atom. The molecule has 0 aliphatic heterocycles. The summed E-state index contributed by atoms with van der Waals surface area (Å²) in [7, 11) is 0. The van der Waals surface area contributed by atoms with E-state index in [-0.39, 0.29) is 11.3 Å². The van der Waals surface area contributed by atoms with Crippen LogP contribution in [0.3, 0.4) is 0 Å². The summed E-state index contributed by atoms with van der Waals surface area (Å²) in [6.07, 6.45) is 0. The van der Waals surface area contributed by atoms with Gasteiger partial charge in [0.05, 0.1) is 17.5 Å². The fourth-order valence-electron chi connectivity index (χ4n) is 2.13. The molecular weight excluding hydrogens is 348 g/mol. The summed E-state index contributed by atoms with van der Waals surface area (Å²) in [5.74, 6) is -1.80. The number of carbonyl (C=O) groups excluding carboxylic acids is 2. The van der Waals surface area contributed by atoms with E-state index in [1.165, 1.54) is 17.8 Å². The molecule has 0 aliphatic carbocycles. The Kier molecular flexibility index (Phi) is 6.35. The van der Waals surface area contributed by atoms with Gasteiger partial charge in [-0.3, -0.25) is 4.79 Å². The molecule has 0 saturated carbocycles. The number of thioether (sulfide) groups is 1. The third kappa shape index (κ3) is 5.46. The van der Waals surface area contributed by atoms with Crippen molar-refractivity contribution >= 4 is 29.4 Å². The second-order valence-corrected chi connectivity index (χ2v) is 6.25. The molecule has 0 spiro atoms. The lowest BCUT2D eigenvalue weighted by Crippen LogP contribution is -2.31. The van der Waals surface area contributed by atoms with E-state index in [4.69, 9.17) is 5.73 Å². The molecule has 0 aromatic heterocycles. The number of hydrogen-bond acceptors (Lipinski definition) is 3. The minimum Gasteiger partial charge on any atom is -0.369 e. The molecule has 2 aromatic rings. The maximum atomic E-state index is 13.8. The van der Waals surface area contributed by atoms with Crippen LogP contribution in [0.2, 0.25) is 0 Å². The van der Waals surface area contributed by atoms with E-state index < -0.39 is 29.6 Å². The highest BCUT2D eigenvalue weighted by Gasteiger charge is 2.15. The monoisotopic (exact) mass is 365 g/mol. The molecule has 2 rings (SSSR count). The quantitative estimate of drug-likeness (QED) is 0.686. The normalized spacial score (nSPS) is 11.6. The van der Waals surface area contributed by atoms with E-state index in [9.17, 15) is 18.4 Å². The molecule has 1 unspecified atom stereocenters. The number of urea groups is 1. The number of para-hydroxylation sites is 1. The molecule has 0 heterocycles. The molecule has 8 heteroatoms. The van der Waals surface area contributed by atoms with Gasteiger partial charge in [0, 0.05) is 16.5 Å². The lowest BCUT2D eigenvalue weighted by Gasteiger charge is -2.17. The molecule has 0 saturated heterocycles. The predicted octanol–water partition coefficient (Wildman–Crippen LogP) is 3.42. The van der Waals surface area contributed by atoms with Crippen LogP contribution in [0.15, 0.2) is 47.4 Å². The number of amides is 3. The van der Waals surface area contributed by atoms with Gasteiger partial charge in [0.2, 0.25) is 5.91 Å². The van der Waals surface area contributed by atoms with Crippen LogP contribution in [0.4, 0.5) is 19.3 Å². The van der Waals surface area contributed by atoms with Crippen LogP contribution in [-0.2, 0) is 4.79 Å². The van der Waals surface area contributed by atoms with E-state index in [0.717, 1.165) is 12.1 Å². The van der Waals surface area contributed by atoms with Gasteiger partial charge in [-0.15, -0.1) is 11.8 Å². The average Bonchev–Trinajstić information content (AvgIpc) is 2.53. The van der Waals surface area contributed by atoms with Crippen molar-refractivity contribution in [3.63, 3.8) is 0 Å². The lowest BCUT2D eigenvalue weighted by molar-refractivity contribution is -0.115. The molecule has 25 heavy (non-hydrogen) atoms. The molecule has 4 N–H and O–H groups in total. The zero-order chi connectivity index (χ0) is 18.4. The number of rotatable bonds is 6. The summed E-state index contributed by atoms with van der Waals surface area (Å²) in [5, 5.41) is 5.23. The van der Waals surface area contributed by atoms with Gasteiger partial charge in [-0.25, -0.2) is 13.6 Å². The number of primary amides is 1. The third-order valence-corrected chi connectivity index (χ3v) is 4.38. The molecule has 0 radical (unpaired) electrons. The topological polar surface area (TPSA) is 84.2 Å². The molecular formula is C17H17F2N3O2S. The van der Waals surface area contributed by atoms with Crippen LogP contribution in [0, 0.1) is 11.6 Å². The first-order chi connectivity index (χ1) is 11.9. The maximum absolute atomic E-state index is 13.8. The fourth-order valence-corrected chi connectivity index (χ4v) is 2.88. The minimum atomic E-state index is -0.731.